The SMILES string of the molecule is C/C=C1\CCC2(C)C(=CCC3C2CCC24CN(C)C(C)C2CCC34)C1. The molecule has 7 unspecified atom stereocenters. The van der Waals surface area contributed by atoms with Gasteiger partial charge in [0.15, 0.2) is 0 Å². The third-order valence-electron chi connectivity index (χ3n) is 10.0. The van der Waals surface area contributed by atoms with E-state index in [1.807, 2.05) is 5.57 Å². The molecule has 0 amide bonds. The summed E-state index contributed by atoms with van der Waals surface area (Å²) in [5.74, 6) is 3.96. The molecular weight excluding hydrogens is 302 g/mol. The van der Waals surface area contributed by atoms with Gasteiger partial charge in [-0.3, -0.25) is 0 Å². The van der Waals surface area contributed by atoms with Crippen molar-refractivity contribution < 1.29 is 0 Å². The maximum absolute atomic E-state index is 2.72. The molecule has 7 atom stereocenters. The van der Waals surface area contributed by atoms with Crippen molar-refractivity contribution in [3.05, 3.63) is 23.3 Å². The van der Waals surface area contributed by atoms with Crippen molar-refractivity contribution in [3.8, 4) is 0 Å². The van der Waals surface area contributed by atoms with Crippen molar-refractivity contribution in [2.45, 2.75) is 78.2 Å². The molecule has 1 heterocycles. The van der Waals surface area contributed by atoms with Crippen molar-refractivity contribution in [2.75, 3.05) is 13.6 Å². The van der Waals surface area contributed by atoms with E-state index < -0.39 is 0 Å². The Balaban J connectivity index is 1.49. The molecule has 0 aromatic carbocycles. The largest absolute Gasteiger partial charge is 0.303 e. The lowest BCUT2D eigenvalue weighted by Crippen LogP contribution is -2.51. The molecule has 4 fully saturated rings. The molecule has 25 heavy (non-hydrogen) atoms. The van der Waals surface area contributed by atoms with Crippen molar-refractivity contribution in [1.29, 1.82) is 0 Å². The van der Waals surface area contributed by atoms with Gasteiger partial charge >= 0.3 is 0 Å². The summed E-state index contributed by atoms with van der Waals surface area (Å²) in [6.45, 7) is 8.79. The molecule has 1 saturated heterocycles. The summed E-state index contributed by atoms with van der Waals surface area (Å²) >= 11 is 0. The molecule has 1 nitrogen and oxygen atoms in total. The van der Waals surface area contributed by atoms with Crippen LogP contribution >= 0.6 is 0 Å². The topological polar surface area (TPSA) is 3.24 Å². The molecule has 5 rings (SSSR count). The van der Waals surface area contributed by atoms with E-state index >= 15 is 0 Å². The second kappa shape index (κ2) is 5.47. The average Bonchev–Trinajstić information content (AvgIpc) is 3.09. The number of rotatable bonds is 0. The minimum Gasteiger partial charge on any atom is -0.303 e. The Morgan fingerprint density at radius 1 is 1.12 bits per heavy atom. The summed E-state index contributed by atoms with van der Waals surface area (Å²) in [6.07, 6.45) is 16.6. The number of hydrogen-bond donors (Lipinski definition) is 0. The van der Waals surface area contributed by atoms with Crippen LogP contribution in [0.1, 0.15) is 72.1 Å². The predicted octanol–water partition coefficient (Wildman–Crippen LogP) is 5.83. The van der Waals surface area contributed by atoms with Crippen LogP contribution in [0.2, 0.25) is 0 Å². The number of likely N-dealkylation sites (tertiary alicyclic amines) is 1. The standard InChI is InChI=1S/C24H37N/c1-5-17-10-12-23(3)18(14-17)6-7-19-21(23)11-13-24-15-25(4)16(2)20(24)8-9-22(19)24/h5-6,16,19-22H,7-15H2,1-4H3/b17-5+. The quantitative estimate of drug-likeness (QED) is 0.502. The first-order valence-corrected chi connectivity index (χ1v) is 11.0. The van der Waals surface area contributed by atoms with Crippen molar-refractivity contribution in [1.82, 2.24) is 4.90 Å². The molecule has 1 aliphatic heterocycles. The van der Waals surface area contributed by atoms with Gasteiger partial charge in [0.1, 0.15) is 0 Å². The van der Waals surface area contributed by atoms with Gasteiger partial charge in [0.2, 0.25) is 0 Å². The molecule has 1 spiro atoms. The first-order chi connectivity index (χ1) is 12.0. The first kappa shape index (κ1) is 16.6. The van der Waals surface area contributed by atoms with Gasteiger partial charge < -0.3 is 4.90 Å². The van der Waals surface area contributed by atoms with Crippen LogP contribution < -0.4 is 0 Å². The van der Waals surface area contributed by atoms with Gasteiger partial charge in [-0.05, 0) is 107 Å². The van der Waals surface area contributed by atoms with Gasteiger partial charge in [-0.15, -0.1) is 0 Å². The van der Waals surface area contributed by atoms with Crippen LogP contribution in [0.25, 0.3) is 0 Å². The fourth-order valence-corrected chi connectivity index (χ4v) is 8.58. The highest BCUT2D eigenvalue weighted by atomic mass is 15.2. The number of nitrogens with zero attached hydrogens (tertiary/aromatic N) is 1. The van der Waals surface area contributed by atoms with Crippen LogP contribution in [0.3, 0.4) is 0 Å². The van der Waals surface area contributed by atoms with Gasteiger partial charge in [0.25, 0.3) is 0 Å². The fraction of sp³-hybridized carbons (Fsp3) is 0.833. The molecular formula is C24H37N. The molecule has 5 aliphatic rings. The van der Waals surface area contributed by atoms with Crippen LogP contribution in [0.15, 0.2) is 23.3 Å². The number of fused-ring (bicyclic) bond motifs is 4. The van der Waals surface area contributed by atoms with E-state index in [1.165, 1.54) is 57.9 Å². The van der Waals surface area contributed by atoms with Crippen LogP contribution in [0, 0.1) is 34.5 Å². The zero-order chi connectivity index (χ0) is 17.4. The van der Waals surface area contributed by atoms with E-state index in [2.05, 4.69) is 44.9 Å². The predicted molar refractivity (Wildman–Crippen MR) is 105 cm³/mol. The van der Waals surface area contributed by atoms with Gasteiger partial charge in [-0.1, -0.05) is 30.2 Å². The molecule has 138 valence electrons. The van der Waals surface area contributed by atoms with Gasteiger partial charge in [0.05, 0.1) is 0 Å². The Labute approximate surface area is 154 Å². The van der Waals surface area contributed by atoms with Gasteiger partial charge in [0, 0.05) is 12.6 Å². The van der Waals surface area contributed by atoms with Crippen molar-refractivity contribution in [3.63, 3.8) is 0 Å². The minimum atomic E-state index is 0.519. The maximum atomic E-state index is 2.72. The minimum absolute atomic E-state index is 0.519. The first-order valence-electron chi connectivity index (χ1n) is 11.0. The molecule has 0 bridgehead atoms. The van der Waals surface area contributed by atoms with E-state index in [9.17, 15) is 0 Å². The molecule has 1 heteroatoms. The highest BCUT2D eigenvalue weighted by Gasteiger charge is 2.63. The second-order valence-corrected chi connectivity index (χ2v) is 10.5. The van der Waals surface area contributed by atoms with Crippen LogP contribution in [-0.4, -0.2) is 24.5 Å². The number of hydrogen-bond acceptors (Lipinski definition) is 1. The lowest BCUT2D eigenvalue weighted by atomic mass is 9.47. The van der Waals surface area contributed by atoms with E-state index in [1.54, 1.807) is 5.57 Å². The summed E-state index contributed by atoms with van der Waals surface area (Å²) in [7, 11) is 2.39. The van der Waals surface area contributed by atoms with E-state index in [4.69, 9.17) is 0 Å². The van der Waals surface area contributed by atoms with Crippen molar-refractivity contribution >= 4 is 0 Å². The normalized spacial score (nSPS) is 53.8. The zero-order valence-electron chi connectivity index (χ0n) is 16.9. The van der Waals surface area contributed by atoms with Crippen LogP contribution in [-0.2, 0) is 0 Å². The Bertz CT molecular complexity index is 630. The Kier molecular flexibility index (Phi) is 3.63. The number of allylic oxidation sites excluding steroid dienone is 4. The van der Waals surface area contributed by atoms with Gasteiger partial charge in [-0.25, -0.2) is 0 Å². The zero-order valence-corrected chi connectivity index (χ0v) is 16.9. The molecule has 3 saturated carbocycles. The van der Waals surface area contributed by atoms with E-state index in [0.717, 1.165) is 29.7 Å². The summed E-state index contributed by atoms with van der Waals surface area (Å²) in [4.78, 5) is 2.70. The molecule has 0 aromatic rings. The lowest BCUT2D eigenvalue weighted by Gasteiger charge is -2.57. The third kappa shape index (κ3) is 2.05. The lowest BCUT2D eigenvalue weighted by molar-refractivity contribution is -0.0364. The average molecular weight is 340 g/mol. The highest BCUT2D eigenvalue weighted by molar-refractivity contribution is 5.31. The van der Waals surface area contributed by atoms with E-state index in [-0.39, 0.29) is 0 Å². The van der Waals surface area contributed by atoms with Crippen molar-refractivity contribution in [2.24, 2.45) is 34.5 Å². The monoisotopic (exact) mass is 339 g/mol. The molecule has 0 aromatic heterocycles. The van der Waals surface area contributed by atoms with Crippen LogP contribution in [0.5, 0.6) is 0 Å². The fourth-order valence-electron chi connectivity index (χ4n) is 8.58. The molecule has 0 radical (unpaired) electrons. The third-order valence-corrected chi connectivity index (χ3v) is 10.0. The summed E-state index contributed by atoms with van der Waals surface area (Å²) in [5.41, 5.74) is 4.71. The Morgan fingerprint density at radius 3 is 2.72 bits per heavy atom. The van der Waals surface area contributed by atoms with E-state index in [0.29, 0.717) is 10.8 Å². The van der Waals surface area contributed by atoms with Crippen LogP contribution in [0.4, 0.5) is 0 Å². The smallest absolute Gasteiger partial charge is 0.00982 e. The summed E-state index contributed by atoms with van der Waals surface area (Å²) in [5, 5.41) is 0. The summed E-state index contributed by atoms with van der Waals surface area (Å²) < 4.78 is 0. The molecule has 4 aliphatic carbocycles. The Morgan fingerprint density at radius 2 is 1.92 bits per heavy atom. The summed E-state index contributed by atoms with van der Waals surface area (Å²) in [6, 6.07) is 0.818. The maximum Gasteiger partial charge on any atom is 0.00982 e. The Hall–Kier alpha value is -0.560. The van der Waals surface area contributed by atoms with Gasteiger partial charge in [-0.2, -0.15) is 0 Å². The molecule has 0 N–H and O–H groups in total. The second-order valence-electron chi connectivity index (χ2n) is 10.5. The highest BCUT2D eigenvalue weighted by Crippen LogP contribution is 2.68.